The van der Waals surface area contributed by atoms with Gasteiger partial charge in [-0.25, -0.2) is 0 Å². The Balaban J connectivity index is 2.29. The van der Waals surface area contributed by atoms with Crippen molar-refractivity contribution in [1.82, 2.24) is 4.98 Å². The number of hydrogen-bond acceptors (Lipinski definition) is 3. The summed E-state index contributed by atoms with van der Waals surface area (Å²) in [7, 11) is 0. The third kappa shape index (κ3) is 3.47. The van der Waals surface area contributed by atoms with Gasteiger partial charge in [0.2, 0.25) is 0 Å². The monoisotopic (exact) mass is 254 g/mol. The Hall–Kier alpha value is -2.03. The summed E-state index contributed by atoms with van der Waals surface area (Å²) in [5.41, 5.74) is 2.70. The average Bonchev–Trinajstić information content (AvgIpc) is 2.46. The molecule has 0 saturated carbocycles. The first-order chi connectivity index (χ1) is 9.22. The Morgan fingerprint density at radius 3 is 2.74 bits per heavy atom. The van der Waals surface area contributed by atoms with E-state index in [2.05, 4.69) is 9.98 Å². The zero-order chi connectivity index (χ0) is 13.7. The fraction of sp³-hybridized carbons (Fsp3) is 0.312. The number of aromatic nitrogens is 1. The van der Waals surface area contributed by atoms with E-state index in [4.69, 9.17) is 0 Å². The lowest BCUT2D eigenvalue weighted by Gasteiger charge is -2.03. The van der Waals surface area contributed by atoms with Gasteiger partial charge in [-0.3, -0.25) is 14.8 Å². The molecule has 1 aromatic heterocycles. The van der Waals surface area contributed by atoms with Crippen LogP contribution < -0.4 is 0 Å². The van der Waals surface area contributed by atoms with E-state index in [-0.39, 0.29) is 5.78 Å². The molecule has 0 aliphatic carbocycles. The number of Topliss-reactive ketones (excluding diaryl/α,β-unsaturated/α-hetero) is 1. The van der Waals surface area contributed by atoms with Crippen molar-refractivity contribution < 1.29 is 4.79 Å². The van der Waals surface area contributed by atoms with Crippen molar-refractivity contribution in [2.24, 2.45) is 4.99 Å². The van der Waals surface area contributed by atoms with Crippen LogP contribution in [0.3, 0.4) is 0 Å². The van der Waals surface area contributed by atoms with E-state index >= 15 is 0 Å². The Bertz CT molecular complexity index is 617. The third-order valence-corrected chi connectivity index (χ3v) is 3.07. The molecule has 1 aromatic carbocycles. The van der Waals surface area contributed by atoms with Gasteiger partial charge in [0, 0.05) is 23.9 Å². The Kier molecular flexibility index (Phi) is 4.39. The molecule has 3 heteroatoms. The number of carbonyl (C=O) groups is 1. The predicted octanol–water partition coefficient (Wildman–Crippen LogP) is 4.09. The molecule has 0 N–H and O–H groups in total. The van der Waals surface area contributed by atoms with Crippen LogP contribution in [0.25, 0.3) is 10.9 Å². The van der Waals surface area contributed by atoms with Gasteiger partial charge in [-0.1, -0.05) is 32.0 Å². The largest absolute Gasteiger partial charge is 0.299 e. The van der Waals surface area contributed by atoms with Gasteiger partial charge >= 0.3 is 0 Å². The molecule has 0 saturated heterocycles. The Morgan fingerprint density at radius 2 is 2.00 bits per heavy atom. The number of rotatable bonds is 5. The van der Waals surface area contributed by atoms with Crippen LogP contribution in [0.4, 0.5) is 5.69 Å². The van der Waals surface area contributed by atoms with Crippen LogP contribution in [0.2, 0.25) is 0 Å². The van der Waals surface area contributed by atoms with Crippen LogP contribution in [0.5, 0.6) is 0 Å². The maximum absolute atomic E-state index is 11.5. The van der Waals surface area contributed by atoms with Gasteiger partial charge in [0.05, 0.1) is 17.4 Å². The van der Waals surface area contributed by atoms with E-state index in [1.165, 1.54) is 0 Å². The molecule has 0 radical (unpaired) electrons. The van der Waals surface area contributed by atoms with E-state index < -0.39 is 0 Å². The van der Waals surface area contributed by atoms with Crippen LogP contribution in [0, 0.1) is 0 Å². The van der Waals surface area contributed by atoms with Crippen molar-refractivity contribution in [3.8, 4) is 0 Å². The fourth-order valence-corrected chi connectivity index (χ4v) is 1.90. The Morgan fingerprint density at radius 1 is 1.21 bits per heavy atom. The lowest BCUT2D eigenvalue weighted by molar-refractivity contribution is -0.117. The van der Waals surface area contributed by atoms with Crippen LogP contribution in [0.1, 0.15) is 33.1 Å². The summed E-state index contributed by atoms with van der Waals surface area (Å²) in [5.74, 6) is 0.231. The molecule has 2 aromatic rings. The minimum Gasteiger partial charge on any atom is -0.299 e. The highest BCUT2D eigenvalue weighted by Gasteiger charge is 2.04. The molecule has 0 aliphatic rings. The molecule has 19 heavy (non-hydrogen) atoms. The highest BCUT2D eigenvalue weighted by Crippen LogP contribution is 2.19. The molecule has 98 valence electrons. The van der Waals surface area contributed by atoms with E-state index in [9.17, 15) is 4.79 Å². The number of carbonyl (C=O) groups excluding carboxylic acids is 1. The van der Waals surface area contributed by atoms with E-state index in [1.54, 1.807) is 6.20 Å². The highest BCUT2D eigenvalue weighted by atomic mass is 16.1. The van der Waals surface area contributed by atoms with Gasteiger partial charge in [-0.2, -0.15) is 0 Å². The summed E-state index contributed by atoms with van der Waals surface area (Å²) < 4.78 is 0. The zero-order valence-electron chi connectivity index (χ0n) is 11.4. The van der Waals surface area contributed by atoms with Crippen molar-refractivity contribution in [2.75, 3.05) is 0 Å². The van der Waals surface area contributed by atoms with Crippen molar-refractivity contribution in [1.29, 1.82) is 0 Å². The van der Waals surface area contributed by atoms with Gasteiger partial charge in [-0.15, -0.1) is 0 Å². The second-order valence-corrected chi connectivity index (χ2v) is 4.49. The summed E-state index contributed by atoms with van der Waals surface area (Å²) in [6.45, 7) is 3.91. The van der Waals surface area contributed by atoms with Crippen LogP contribution >= 0.6 is 0 Å². The number of hydrogen-bond donors (Lipinski definition) is 0. The number of fused-ring (bicyclic) bond motifs is 1. The standard InChI is InChI=1S/C16H18N2O/c1-3-13(10-15(19)4-2)18-14-9-12-7-5-6-8-16(12)17-11-14/h5-9,11H,3-4,10H2,1-2H3/b18-13-. The van der Waals surface area contributed by atoms with Crippen molar-refractivity contribution in [3.63, 3.8) is 0 Å². The molecule has 0 amide bonds. The molecular weight excluding hydrogens is 236 g/mol. The van der Waals surface area contributed by atoms with Gasteiger partial charge in [0.15, 0.2) is 0 Å². The minimum atomic E-state index is 0.231. The molecule has 0 fully saturated rings. The summed E-state index contributed by atoms with van der Waals surface area (Å²) >= 11 is 0. The smallest absolute Gasteiger partial charge is 0.138 e. The first kappa shape index (κ1) is 13.4. The molecule has 1 heterocycles. The van der Waals surface area contributed by atoms with Crippen LogP contribution in [0.15, 0.2) is 41.5 Å². The number of benzene rings is 1. The van der Waals surface area contributed by atoms with Gasteiger partial charge in [0.25, 0.3) is 0 Å². The molecule has 2 rings (SSSR count). The maximum atomic E-state index is 11.5. The molecule has 0 unspecified atom stereocenters. The van der Waals surface area contributed by atoms with Gasteiger partial charge < -0.3 is 0 Å². The second-order valence-electron chi connectivity index (χ2n) is 4.49. The summed E-state index contributed by atoms with van der Waals surface area (Å²) in [6, 6.07) is 9.96. The molecule has 0 aliphatic heterocycles. The summed E-state index contributed by atoms with van der Waals surface area (Å²) in [5, 5.41) is 1.07. The average molecular weight is 254 g/mol. The van der Waals surface area contributed by atoms with Gasteiger partial charge in [-0.05, 0) is 18.6 Å². The van der Waals surface area contributed by atoms with Crippen LogP contribution in [-0.2, 0) is 4.79 Å². The molecule has 0 atom stereocenters. The quantitative estimate of drug-likeness (QED) is 0.754. The second kappa shape index (κ2) is 6.23. The number of ketones is 1. The van der Waals surface area contributed by atoms with E-state index in [0.717, 1.165) is 28.7 Å². The first-order valence-corrected chi connectivity index (χ1v) is 6.65. The number of pyridine rings is 1. The lowest BCUT2D eigenvalue weighted by Crippen LogP contribution is -2.05. The summed E-state index contributed by atoms with van der Waals surface area (Å²) in [4.78, 5) is 20.4. The molecule has 3 nitrogen and oxygen atoms in total. The third-order valence-electron chi connectivity index (χ3n) is 3.07. The normalized spacial score (nSPS) is 11.8. The highest BCUT2D eigenvalue weighted by molar-refractivity contribution is 6.02. The lowest BCUT2D eigenvalue weighted by atomic mass is 10.1. The first-order valence-electron chi connectivity index (χ1n) is 6.65. The van der Waals surface area contributed by atoms with E-state index in [0.29, 0.717) is 12.8 Å². The predicted molar refractivity (Wildman–Crippen MR) is 79.0 cm³/mol. The molecule has 0 bridgehead atoms. The maximum Gasteiger partial charge on any atom is 0.138 e. The topological polar surface area (TPSA) is 42.3 Å². The number of nitrogens with zero attached hydrogens (tertiary/aromatic N) is 2. The zero-order valence-corrected chi connectivity index (χ0v) is 11.4. The van der Waals surface area contributed by atoms with Crippen molar-refractivity contribution in [2.45, 2.75) is 33.1 Å². The van der Waals surface area contributed by atoms with Gasteiger partial charge in [0.1, 0.15) is 5.78 Å². The molecule has 0 spiro atoms. The number of para-hydroxylation sites is 1. The number of aliphatic imine (C=N–C) groups is 1. The minimum absolute atomic E-state index is 0.231. The SMILES string of the molecule is CCC(=O)C/C(CC)=N\c1cnc2ccccc2c1. The van der Waals surface area contributed by atoms with Crippen molar-refractivity contribution >= 4 is 28.1 Å². The summed E-state index contributed by atoms with van der Waals surface area (Å²) in [6.07, 6.45) is 3.56. The fourth-order valence-electron chi connectivity index (χ4n) is 1.90. The van der Waals surface area contributed by atoms with Crippen LogP contribution in [-0.4, -0.2) is 16.5 Å². The molecular formula is C16H18N2O. The van der Waals surface area contributed by atoms with E-state index in [1.807, 2.05) is 44.2 Å². The Labute approximate surface area is 113 Å². The van der Waals surface area contributed by atoms with Crippen molar-refractivity contribution in [3.05, 3.63) is 36.5 Å².